The molecule has 1 unspecified atom stereocenters. The summed E-state index contributed by atoms with van der Waals surface area (Å²) in [6.45, 7) is 8.15. The van der Waals surface area contributed by atoms with Crippen molar-refractivity contribution in [3.8, 4) is 0 Å². The topological polar surface area (TPSA) is 74.6 Å². The van der Waals surface area contributed by atoms with Crippen molar-refractivity contribution in [3.63, 3.8) is 0 Å². The molecule has 0 aromatic heterocycles. The fourth-order valence-electron chi connectivity index (χ4n) is 9.80. The lowest BCUT2D eigenvalue weighted by molar-refractivity contribution is -0.271. The lowest BCUT2D eigenvalue weighted by atomic mass is 9.46. The summed E-state index contributed by atoms with van der Waals surface area (Å²) in [5.74, 6) is 1.04. The summed E-state index contributed by atoms with van der Waals surface area (Å²) in [7, 11) is -3.65. The third kappa shape index (κ3) is 4.68. The van der Waals surface area contributed by atoms with Crippen molar-refractivity contribution in [1.29, 1.82) is 0 Å². The average molecular weight is 583 g/mol. The largest absolute Gasteiger partial charge is 0.417 e. The molecule has 2 N–H and O–H groups in total. The first-order valence-electron chi connectivity index (χ1n) is 15.0. The lowest BCUT2D eigenvalue weighted by Crippen LogP contribution is -2.56. The minimum absolute atomic E-state index is 0.0627. The maximum atomic E-state index is 13.9. The Bertz CT molecular complexity index is 1230. The van der Waals surface area contributed by atoms with E-state index in [9.17, 15) is 31.8 Å². The molecule has 10 atom stereocenters. The van der Waals surface area contributed by atoms with Gasteiger partial charge in [0.1, 0.15) is 0 Å². The van der Waals surface area contributed by atoms with E-state index in [2.05, 4.69) is 20.8 Å². The molecule has 0 aliphatic heterocycles. The molecule has 0 spiro atoms. The Morgan fingerprint density at radius 1 is 1.00 bits per heavy atom. The summed E-state index contributed by atoms with van der Waals surface area (Å²) >= 11 is 0. The summed E-state index contributed by atoms with van der Waals surface area (Å²) < 4.78 is 68.8. The summed E-state index contributed by atoms with van der Waals surface area (Å²) in [5.41, 5.74) is -2.26. The molecule has 1 aromatic carbocycles. The van der Waals surface area contributed by atoms with Crippen LogP contribution in [0.3, 0.4) is 0 Å². The smallest absolute Gasteiger partial charge is 0.393 e. The highest BCUT2D eigenvalue weighted by molar-refractivity contribution is 7.92. The van der Waals surface area contributed by atoms with Gasteiger partial charge in [-0.1, -0.05) is 50.6 Å². The van der Waals surface area contributed by atoms with Crippen LogP contribution in [0.2, 0.25) is 0 Å². The first-order valence-corrected chi connectivity index (χ1v) is 16.5. The molecular formula is C32H45F3O4S. The fraction of sp³-hybridized carbons (Fsp3) is 0.750. The molecule has 0 saturated heterocycles. The van der Waals surface area contributed by atoms with Crippen molar-refractivity contribution in [2.75, 3.05) is 0 Å². The standard InChI is InChI=1S/C32H45F3O4S/c1-20(36)18-28(40(38,39)23-8-6-5-7-9-23)21(2)25-12-13-26-24-11-10-22-19-31(37,32(33,34)35)17-16-29(22,3)27(24)14-15-30(25,26)4/h5-10,20-21,24-28,36-37H,11-19H2,1-4H3/t20-,21+,24+,25-,26+,27+,28?,29+,30-,31+/m1/s1. The summed E-state index contributed by atoms with van der Waals surface area (Å²) in [6.07, 6.45) is 1.06. The van der Waals surface area contributed by atoms with Gasteiger partial charge >= 0.3 is 6.18 Å². The Labute approximate surface area is 237 Å². The van der Waals surface area contributed by atoms with Gasteiger partial charge in [0.05, 0.1) is 16.2 Å². The molecule has 0 heterocycles. The van der Waals surface area contributed by atoms with E-state index < -0.39 is 33.0 Å². The quantitative estimate of drug-likeness (QED) is 0.351. The number of alkyl halides is 3. The minimum Gasteiger partial charge on any atom is -0.393 e. The van der Waals surface area contributed by atoms with Gasteiger partial charge in [-0.2, -0.15) is 13.2 Å². The van der Waals surface area contributed by atoms with Gasteiger partial charge in [0.25, 0.3) is 0 Å². The Morgan fingerprint density at radius 3 is 2.30 bits per heavy atom. The highest BCUT2D eigenvalue weighted by Gasteiger charge is 2.64. The van der Waals surface area contributed by atoms with Crippen LogP contribution in [0.5, 0.6) is 0 Å². The van der Waals surface area contributed by atoms with E-state index in [1.54, 1.807) is 37.3 Å². The summed E-state index contributed by atoms with van der Waals surface area (Å²) in [6, 6.07) is 8.54. The zero-order valence-electron chi connectivity index (χ0n) is 24.1. The summed E-state index contributed by atoms with van der Waals surface area (Å²) in [4.78, 5) is 0.296. The number of sulfone groups is 1. The molecule has 0 bridgehead atoms. The van der Waals surface area contributed by atoms with E-state index >= 15 is 0 Å². The SMILES string of the molecule is C[C@H](C(C[C@@H](C)O)S(=O)(=O)c1ccccc1)[C@H]1CC[C@H]2[C@@H]3CC=C4C[C@](O)(C(F)(F)F)CC[C@]4(C)[C@H]3CC[C@]12C. The minimum atomic E-state index is -4.63. The van der Waals surface area contributed by atoms with Crippen LogP contribution in [0.25, 0.3) is 0 Å². The number of aliphatic hydroxyl groups excluding tert-OH is 1. The molecule has 0 radical (unpaired) electrons. The Hall–Kier alpha value is -1.38. The number of allylic oxidation sites excluding steroid dienone is 1. The van der Waals surface area contributed by atoms with Gasteiger partial charge in [-0.05, 0) is 111 Å². The Morgan fingerprint density at radius 2 is 1.68 bits per heavy atom. The predicted molar refractivity (Wildman–Crippen MR) is 149 cm³/mol. The average Bonchev–Trinajstić information content (AvgIpc) is 3.24. The van der Waals surface area contributed by atoms with Crippen LogP contribution in [0, 0.1) is 40.4 Å². The Balaban J connectivity index is 1.42. The van der Waals surface area contributed by atoms with Crippen LogP contribution in [0.1, 0.15) is 85.5 Å². The Kier molecular flexibility index (Phi) is 7.61. The van der Waals surface area contributed by atoms with Crippen molar-refractivity contribution in [1.82, 2.24) is 0 Å². The predicted octanol–water partition coefficient (Wildman–Crippen LogP) is 7.11. The first-order chi connectivity index (χ1) is 18.5. The van der Waals surface area contributed by atoms with Crippen LogP contribution in [0.4, 0.5) is 13.2 Å². The maximum Gasteiger partial charge on any atom is 0.417 e. The van der Waals surface area contributed by atoms with Crippen molar-refractivity contribution < 1.29 is 31.8 Å². The molecule has 4 aliphatic rings. The number of hydrogen-bond acceptors (Lipinski definition) is 4. The molecule has 4 aliphatic carbocycles. The molecule has 8 heteroatoms. The fourth-order valence-corrected chi connectivity index (χ4v) is 12.0. The molecule has 3 saturated carbocycles. The zero-order valence-corrected chi connectivity index (χ0v) is 24.9. The van der Waals surface area contributed by atoms with Gasteiger partial charge in [0.2, 0.25) is 0 Å². The van der Waals surface area contributed by atoms with Crippen molar-refractivity contribution in [3.05, 3.63) is 42.0 Å². The molecule has 4 nitrogen and oxygen atoms in total. The van der Waals surface area contributed by atoms with Crippen molar-refractivity contribution in [2.45, 2.75) is 114 Å². The number of halogens is 3. The molecule has 3 fully saturated rings. The lowest BCUT2D eigenvalue weighted by Gasteiger charge is -2.59. The molecule has 0 amide bonds. The van der Waals surface area contributed by atoms with Gasteiger partial charge in [0, 0.05) is 6.42 Å². The van der Waals surface area contributed by atoms with E-state index in [1.165, 1.54) is 0 Å². The second-order valence-electron chi connectivity index (χ2n) is 14.0. The van der Waals surface area contributed by atoms with Gasteiger partial charge in [-0.15, -0.1) is 0 Å². The van der Waals surface area contributed by atoms with Crippen LogP contribution in [-0.4, -0.2) is 41.8 Å². The van der Waals surface area contributed by atoms with Gasteiger partial charge in [0.15, 0.2) is 15.4 Å². The first kappa shape index (κ1) is 30.1. The molecule has 224 valence electrons. The highest BCUT2D eigenvalue weighted by Crippen LogP contribution is 2.68. The number of hydrogen-bond donors (Lipinski definition) is 2. The third-order valence-electron chi connectivity index (χ3n) is 12.0. The van der Waals surface area contributed by atoms with E-state index in [4.69, 9.17) is 0 Å². The monoisotopic (exact) mass is 582 g/mol. The zero-order chi connectivity index (χ0) is 29.3. The number of rotatable bonds is 6. The molecular weight excluding hydrogens is 537 g/mol. The normalized spacial score (nSPS) is 40.3. The number of benzene rings is 1. The van der Waals surface area contributed by atoms with Crippen LogP contribution in [-0.2, 0) is 9.84 Å². The molecule has 1 aromatic rings. The second-order valence-corrected chi connectivity index (χ2v) is 16.2. The van der Waals surface area contributed by atoms with Gasteiger partial charge in [-0.25, -0.2) is 8.42 Å². The van der Waals surface area contributed by atoms with E-state index in [0.29, 0.717) is 23.2 Å². The molecule has 5 rings (SSSR count). The van der Waals surface area contributed by atoms with Gasteiger partial charge < -0.3 is 10.2 Å². The van der Waals surface area contributed by atoms with Crippen LogP contribution >= 0.6 is 0 Å². The van der Waals surface area contributed by atoms with Gasteiger partial charge in [-0.3, -0.25) is 0 Å². The molecule has 40 heavy (non-hydrogen) atoms. The van der Waals surface area contributed by atoms with Crippen molar-refractivity contribution >= 4 is 9.84 Å². The van der Waals surface area contributed by atoms with Crippen LogP contribution in [0.15, 0.2) is 46.9 Å². The van der Waals surface area contributed by atoms with Crippen molar-refractivity contribution in [2.24, 2.45) is 40.4 Å². The summed E-state index contributed by atoms with van der Waals surface area (Å²) in [5, 5.41) is 20.1. The van der Waals surface area contributed by atoms with E-state index in [1.807, 2.05) is 6.08 Å². The van der Waals surface area contributed by atoms with E-state index in [-0.39, 0.29) is 47.8 Å². The maximum absolute atomic E-state index is 13.9. The highest BCUT2D eigenvalue weighted by atomic mass is 32.2. The van der Waals surface area contributed by atoms with E-state index in [0.717, 1.165) is 37.7 Å². The number of aliphatic hydroxyl groups is 2. The number of fused-ring (bicyclic) bond motifs is 5. The second kappa shape index (κ2) is 10.1. The van der Waals surface area contributed by atoms with Crippen LogP contribution < -0.4 is 0 Å². The third-order valence-corrected chi connectivity index (χ3v) is 14.4.